The minimum absolute atomic E-state index is 0.157. The Kier molecular flexibility index (Phi) is 42.0. The highest BCUT2D eigenvalue weighted by molar-refractivity contribution is 5.76. The molecule has 0 aromatic carbocycles. The summed E-state index contributed by atoms with van der Waals surface area (Å²) >= 11 is 0. The summed E-state index contributed by atoms with van der Waals surface area (Å²) in [7, 11) is 0. The number of amides is 1. The van der Waals surface area contributed by atoms with Gasteiger partial charge in [0.25, 0.3) is 0 Å². The summed E-state index contributed by atoms with van der Waals surface area (Å²) in [5.74, 6) is -0.179. The second-order valence-electron chi connectivity index (χ2n) is 17.9. The Morgan fingerprint density at radius 1 is 0.538 bits per heavy atom. The van der Waals surface area contributed by atoms with Crippen molar-refractivity contribution in [2.45, 2.75) is 249 Å². The Morgan fingerprint density at radius 2 is 0.954 bits per heavy atom. The number of allylic oxidation sites excluding steroid dienone is 14. The largest absolute Gasteiger partial charge is 0.394 e. The molecule has 0 saturated carbocycles. The van der Waals surface area contributed by atoms with Crippen LogP contribution in [0.1, 0.15) is 206 Å². The summed E-state index contributed by atoms with van der Waals surface area (Å²) in [5.41, 5.74) is 0. The fourth-order valence-electron chi connectivity index (χ4n) is 7.85. The molecule has 1 aliphatic rings. The molecule has 1 fully saturated rings. The van der Waals surface area contributed by atoms with Gasteiger partial charge in [-0.05, 0) is 70.6 Å². The van der Waals surface area contributed by atoms with Crippen molar-refractivity contribution in [3.8, 4) is 0 Å². The van der Waals surface area contributed by atoms with Gasteiger partial charge in [-0.3, -0.25) is 4.79 Å². The van der Waals surface area contributed by atoms with Crippen molar-refractivity contribution in [3.05, 3.63) is 85.1 Å². The third-order valence-corrected chi connectivity index (χ3v) is 12.0. The van der Waals surface area contributed by atoms with E-state index in [-0.39, 0.29) is 12.5 Å². The van der Waals surface area contributed by atoms with Crippen LogP contribution >= 0.6 is 0 Å². The minimum atomic E-state index is -1.56. The van der Waals surface area contributed by atoms with Crippen LogP contribution in [0.25, 0.3) is 0 Å². The smallest absolute Gasteiger partial charge is 0.220 e. The van der Waals surface area contributed by atoms with Crippen LogP contribution in [0.5, 0.6) is 0 Å². The van der Waals surface area contributed by atoms with Crippen molar-refractivity contribution >= 4 is 5.91 Å². The lowest BCUT2D eigenvalue weighted by Crippen LogP contribution is -2.60. The van der Waals surface area contributed by atoms with E-state index in [1.165, 1.54) is 89.9 Å². The molecule has 7 unspecified atom stereocenters. The lowest BCUT2D eigenvalue weighted by Gasteiger charge is -2.40. The van der Waals surface area contributed by atoms with Gasteiger partial charge in [-0.15, -0.1) is 0 Å². The average molecular weight is 912 g/mol. The highest BCUT2D eigenvalue weighted by atomic mass is 16.7. The fourth-order valence-corrected chi connectivity index (χ4v) is 7.85. The molecule has 0 spiro atoms. The first kappa shape index (κ1) is 60.4. The van der Waals surface area contributed by atoms with E-state index in [0.29, 0.717) is 12.8 Å². The molecular weight excluding hydrogens is 815 g/mol. The zero-order valence-corrected chi connectivity index (χ0v) is 41.2. The van der Waals surface area contributed by atoms with Gasteiger partial charge in [0.2, 0.25) is 5.91 Å². The maximum atomic E-state index is 13.0. The highest BCUT2D eigenvalue weighted by Gasteiger charge is 2.44. The molecule has 1 aliphatic heterocycles. The molecule has 7 atom stereocenters. The van der Waals surface area contributed by atoms with Gasteiger partial charge in [0, 0.05) is 6.42 Å². The van der Waals surface area contributed by atoms with Crippen LogP contribution in [0.4, 0.5) is 0 Å². The number of unbranched alkanes of at least 4 members (excludes halogenated alkanes) is 19. The van der Waals surface area contributed by atoms with E-state index in [4.69, 9.17) is 9.47 Å². The number of rotatable bonds is 43. The van der Waals surface area contributed by atoms with Gasteiger partial charge in [0.05, 0.1) is 25.4 Å². The summed E-state index contributed by atoms with van der Waals surface area (Å²) in [6.07, 6.45) is 55.9. The molecule has 1 saturated heterocycles. The van der Waals surface area contributed by atoms with E-state index in [1.54, 1.807) is 0 Å². The third-order valence-electron chi connectivity index (χ3n) is 12.0. The SMILES string of the molecule is CC/C=C\C/C=C\C/C=C\C/C=C\C/C=C\C/C=C\C/C=C\CCCCCC(=O)NC(COC1OC(CO)C(O)C(O)C1O)C(O)CCCCCCCCCCCCCCCCCCC. The number of aliphatic hydroxyl groups is 5. The molecule has 65 heavy (non-hydrogen) atoms. The topological polar surface area (TPSA) is 149 Å². The number of carbonyl (C=O) groups excluding carboxylic acids is 1. The second kappa shape index (κ2) is 45.2. The van der Waals surface area contributed by atoms with Crippen LogP contribution in [-0.4, -0.2) is 87.5 Å². The van der Waals surface area contributed by atoms with Gasteiger partial charge >= 0.3 is 0 Å². The maximum absolute atomic E-state index is 13.0. The molecule has 1 rings (SSSR count). The minimum Gasteiger partial charge on any atom is -0.394 e. The van der Waals surface area contributed by atoms with Crippen molar-refractivity contribution in [1.82, 2.24) is 5.32 Å². The molecule has 9 heteroatoms. The van der Waals surface area contributed by atoms with Gasteiger partial charge < -0.3 is 40.3 Å². The van der Waals surface area contributed by atoms with Gasteiger partial charge in [-0.25, -0.2) is 0 Å². The molecule has 0 aromatic heterocycles. The Balaban J connectivity index is 2.31. The van der Waals surface area contributed by atoms with Crippen LogP contribution in [0.3, 0.4) is 0 Å². The summed E-state index contributed by atoms with van der Waals surface area (Å²) in [6.45, 7) is 3.70. The van der Waals surface area contributed by atoms with Crippen molar-refractivity contribution < 1.29 is 39.8 Å². The molecule has 0 radical (unpaired) electrons. The Bertz CT molecular complexity index is 1290. The van der Waals surface area contributed by atoms with Gasteiger partial charge in [0.15, 0.2) is 6.29 Å². The molecule has 6 N–H and O–H groups in total. The molecule has 0 aliphatic carbocycles. The van der Waals surface area contributed by atoms with Crippen molar-refractivity contribution in [2.24, 2.45) is 0 Å². The van der Waals surface area contributed by atoms with Gasteiger partial charge in [-0.1, -0.05) is 214 Å². The first-order valence-corrected chi connectivity index (χ1v) is 26.3. The van der Waals surface area contributed by atoms with Crippen LogP contribution in [0, 0.1) is 0 Å². The van der Waals surface area contributed by atoms with Crippen LogP contribution < -0.4 is 5.32 Å². The average Bonchev–Trinajstić information content (AvgIpc) is 3.31. The van der Waals surface area contributed by atoms with E-state index in [1.807, 2.05) is 0 Å². The van der Waals surface area contributed by atoms with E-state index in [0.717, 1.165) is 89.9 Å². The molecule has 374 valence electrons. The fraction of sp³-hybridized carbons (Fsp3) is 0.732. The van der Waals surface area contributed by atoms with Crippen molar-refractivity contribution in [2.75, 3.05) is 13.2 Å². The third kappa shape index (κ3) is 35.2. The number of ether oxygens (including phenoxy) is 2. The van der Waals surface area contributed by atoms with E-state index in [2.05, 4.69) is 104 Å². The summed E-state index contributed by atoms with van der Waals surface area (Å²) in [6, 6.07) is -0.743. The van der Waals surface area contributed by atoms with E-state index in [9.17, 15) is 30.3 Å². The van der Waals surface area contributed by atoms with Gasteiger partial charge in [0.1, 0.15) is 24.4 Å². The zero-order valence-electron chi connectivity index (χ0n) is 41.2. The standard InChI is InChI=1S/C56H97NO8/c1-3-5-7-9-11-13-15-17-19-21-22-23-24-25-26-27-28-30-32-34-36-38-40-42-44-46-52(60)57-49(48-64-56-55(63)54(62)53(61)51(47-58)65-56)50(59)45-43-41-39-37-35-33-31-29-20-18-16-14-12-10-8-6-4-2/h5,7,11,13,17,19,22-23,25-26,28,30,34,36,49-51,53-56,58-59,61-63H,3-4,6,8-10,12,14-16,18,20-21,24,27,29,31-33,35,37-48H2,1-2H3,(H,57,60)/b7-5-,13-11-,19-17-,23-22-,26-25-,30-28-,36-34-. The van der Waals surface area contributed by atoms with E-state index < -0.39 is 49.5 Å². The molecule has 1 amide bonds. The number of carbonyl (C=O) groups is 1. The molecule has 0 bridgehead atoms. The predicted octanol–water partition coefficient (Wildman–Crippen LogP) is 12.3. The molecule has 9 nitrogen and oxygen atoms in total. The lowest BCUT2D eigenvalue weighted by atomic mass is 9.99. The van der Waals surface area contributed by atoms with Crippen molar-refractivity contribution in [1.29, 1.82) is 0 Å². The first-order chi connectivity index (χ1) is 31.8. The number of nitrogens with one attached hydrogen (secondary N) is 1. The Labute approximate surface area is 397 Å². The number of hydrogen-bond acceptors (Lipinski definition) is 8. The molecule has 0 aromatic rings. The van der Waals surface area contributed by atoms with Crippen molar-refractivity contribution in [3.63, 3.8) is 0 Å². The van der Waals surface area contributed by atoms with E-state index >= 15 is 0 Å². The molecule has 1 heterocycles. The maximum Gasteiger partial charge on any atom is 0.220 e. The number of aliphatic hydroxyl groups excluding tert-OH is 5. The number of hydrogen-bond donors (Lipinski definition) is 6. The first-order valence-electron chi connectivity index (χ1n) is 26.3. The summed E-state index contributed by atoms with van der Waals surface area (Å²) in [4.78, 5) is 13.0. The Morgan fingerprint density at radius 3 is 1.40 bits per heavy atom. The quantitative estimate of drug-likeness (QED) is 0.0262. The zero-order chi connectivity index (χ0) is 47.3. The monoisotopic (exact) mass is 912 g/mol. The van der Waals surface area contributed by atoms with Crippen LogP contribution in [0.2, 0.25) is 0 Å². The predicted molar refractivity (Wildman–Crippen MR) is 271 cm³/mol. The molecular formula is C56H97NO8. The van der Waals surface area contributed by atoms with Crippen LogP contribution in [0.15, 0.2) is 85.1 Å². The summed E-state index contributed by atoms with van der Waals surface area (Å²) < 4.78 is 11.3. The normalized spacial score (nSPS) is 20.6. The summed E-state index contributed by atoms with van der Waals surface area (Å²) in [5, 5.41) is 54.5. The highest BCUT2D eigenvalue weighted by Crippen LogP contribution is 2.23. The van der Waals surface area contributed by atoms with Crippen LogP contribution in [-0.2, 0) is 14.3 Å². The van der Waals surface area contributed by atoms with Gasteiger partial charge in [-0.2, -0.15) is 0 Å². The second-order valence-corrected chi connectivity index (χ2v) is 17.9. The lowest BCUT2D eigenvalue weighted by molar-refractivity contribution is -0.302. The Hall–Kier alpha value is -2.63.